The average molecular weight is 180 g/mol. The molecule has 0 fully saturated rings. The fraction of sp³-hybridized carbons (Fsp3) is 0.222. The number of hydrogen-bond donors (Lipinski definition) is 1. The molecule has 1 aliphatic rings. The molecule has 1 heterocycles. The van der Waals surface area contributed by atoms with Crippen LogP contribution >= 0.6 is 0 Å². The number of nitrogens with two attached hydrogens (primary N) is 1. The maximum atomic E-state index is 12.6. The van der Waals surface area contributed by atoms with Crippen LogP contribution in [0.2, 0.25) is 0 Å². The molecule has 1 aromatic carbocycles. The molecule has 0 bridgehead atoms. The fourth-order valence-corrected chi connectivity index (χ4v) is 1.25. The van der Waals surface area contributed by atoms with Crippen molar-refractivity contribution in [1.82, 2.24) is 0 Å². The highest BCUT2D eigenvalue weighted by Crippen LogP contribution is 2.25. The summed E-state index contributed by atoms with van der Waals surface area (Å²) >= 11 is 0. The van der Waals surface area contributed by atoms with Crippen LogP contribution in [0.25, 0.3) is 0 Å². The van der Waals surface area contributed by atoms with Gasteiger partial charge in [-0.05, 0) is 17.7 Å². The van der Waals surface area contributed by atoms with Crippen LogP contribution in [0.15, 0.2) is 29.4 Å². The highest BCUT2D eigenvalue weighted by Gasteiger charge is 2.20. The minimum atomic E-state index is -0.254. The Morgan fingerprint density at radius 3 is 2.62 bits per heavy atom. The van der Waals surface area contributed by atoms with Gasteiger partial charge in [0.1, 0.15) is 11.7 Å². The number of benzene rings is 1. The lowest BCUT2D eigenvalue weighted by molar-refractivity contribution is 0.0856. The van der Waals surface area contributed by atoms with Crippen molar-refractivity contribution >= 4 is 5.84 Å². The van der Waals surface area contributed by atoms with E-state index in [0.717, 1.165) is 5.56 Å². The third kappa shape index (κ3) is 1.61. The normalized spacial score (nSPS) is 21.0. The van der Waals surface area contributed by atoms with Gasteiger partial charge >= 0.3 is 0 Å². The Morgan fingerprint density at radius 1 is 1.38 bits per heavy atom. The third-order valence-corrected chi connectivity index (χ3v) is 1.93. The number of oxime groups is 1. The quantitative estimate of drug-likeness (QED) is 0.712. The van der Waals surface area contributed by atoms with Gasteiger partial charge in [-0.15, -0.1) is 0 Å². The summed E-state index contributed by atoms with van der Waals surface area (Å²) in [5.41, 5.74) is 6.34. The number of rotatable bonds is 1. The van der Waals surface area contributed by atoms with E-state index in [9.17, 15) is 4.39 Å². The lowest BCUT2D eigenvalue weighted by Crippen LogP contribution is -2.09. The molecule has 3 nitrogen and oxygen atoms in total. The molecule has 13 heavy (non-hydrogen) atoms. The topological polar surface area (TPSA) is 47.6 Å². The summed E-state index contributed by atoms with van der Waals surface area (Å²) in [6.07, 6.45) is 0.423. The zero-order chi connectivity index (χ0) is 9.26. The first-order chi connectivity index (χ1) is 6.25. The van der Waals surface area contributed by atoms with Crippen molar-refractivity contribution < 1.29 is 9.23 Å². The van der Waals surface area contributed by atoms with Crippen LogP contribution in [-0.2, 0) is 4.84 Å². The van der Waals surface area contributed by atoms with Crippen molar-refractivity contribution in [3.8, 4) is 0 Å². The third-order valence-electron chi connectivity index (χ3n) is 1.93. The van der Waals surface area contributed by atoms with Gasteiger partial charge in [-0.2, -0.15) is 0 Å². The number of nitrogens with zero attached hydrogens (tertiary/aromatic N) is 1. The van der Waals surface area contributed by atoms with Crippen LogP contribution in [0, 0.1) is 5.82 Å². The van der Waals surface area contributed by atoms with Crippen LogP contribution in [0.3, 0.4) is 0 Å². The Balaban J connectivity index is 2.14. The number of amidine groups is 1. The van der Waals surface area contributed by atoms with E-state index in [4.69, 9.17) is 10.6 Å². The summed E-state index contributed by atoms with van der Waals surface area (Å²) in [4.78, 5) is 5.03. The Labute approximate surface area is 75.0 Å². The smallest absolute Gasteiger partial charge is 0.159 e. The molecule has 0 saturated heterocycles. The van der Waals surface area contributed by atoms with E-state index in [2.05, 4.69) is 5.16 Å². The van der Waals surface area contributed by atoms with Crippen molar-refractivity contribution in [2.75, 3.05) is 0 Å². The first kappa shape index (κ1) is 8.04. The van der Waals surface area contributed by atoms with Gasteiger partial charge in [-0.1, -0.05) is 17.3 Å². The van der Waals surface area contributed by atoms with Gasteiger partial charge in [0.2, 0.25) is 0 Å². The first-order valence-corrected chi connectivity index (χ1v) is 3.99. The lowest BCUT2D eigenvalue weighted by atomic mass is 10.1. The van der Waals surface area contributed by atoms with Crippen LogP contribution in [0.5, 0.6) is 0 Å². The first-order valence-electron chi connectivity index (χ1n) is 3.99. The van der Waals surface area contributed by atoms with Gasteiger partial charge in [0.05, 0.1) is 6.42 Å². The maximum Gasteiger partial charge on any atom is 0.159 e. The van der Waals surface area contributed by atoms with E-state index >= 15 is 0 Å². The van der Waals surface area contributed by atoms with Gasteiger partial charge in [-0.25, -0.2) is 4.39 Å². The van der Waals surface area contributed by atoms with E-state index in [1.165, 1.54) is 12.1 Å². The Morgan fingerprint density at radius 2 is 2.08 bits per heavy atom. The predicted octanol–water partition coefficient (Wildman–Crippen LogP) is 1.56. The van der Waals surface area contributed by atoms with Crippen molar-refractivity contribution in [2.24, 2.45) is 10.9 Å². The summed E-state index contributed by atoms with van der Waals surface area (Å²) in [6.45, 7) is 0. The summed E-state index contributed by atoms with van der Waals surface area (Å²) in [6, 6.07) is 6.14. The van der Waals surface area contributed by atoms with E-state index in [1.807, 2.05) is 0 Å². The maximum absolute atomic E-state index is 12.6. The Bertz CT molecular complexity index is 334. The highest BCUT2D eigenvalue weighted by molar-refractivity contribution is 5.81. The molecule has 2 N–H and O–H groups in total. The van der Waals surface area contributed by atoms with Crippen molar-refractivity contribution in [1.29, 1.82) is 0 Å². The van der Waals surface area contributed by atoms with Gasteiger partial charge in [0.25, 0.3) is 0 Å². The zero-order valence-corrected chi connectivity index (χ0v) is 6.90. The van der Waals surface area contributed by atoms with Crippen LogP contribution in [0.4, 0.5) is 4.39 Å². The number of hydrogen-bond acceptors (Lipinski definition) is 3. The molecule has 0 aromatic heterocycles. The SMILES string of the molecule is NC1=NOC(c2ccc(F)cc2)C1. The number of halogens is 1. The zero-order valence-electron chi connectivity index (χ0n) is 6.90. The fourth-order valence-electron chi connectivity index (χ4n) is 1.25. The summed E-state index contributed by atoms with van der Waals surface area (Å²) in [5, 5.41) is 3.62. The largest absolute Gasteiger partial charge is 0.386 e. The van der Waals surface area contributed by atoms with Crippen LogP contribution in [-0.4, -0.2) is 5.84 Å². The van der Waals surface area contributed by atoms with Crippen molar-refractivity contribution in [2.45, 2.75) is 12.5 Å². The molecular weight excluding hydrogens is 171 g/mol. The molecular formula is C9H9FN2O. The van der Waals surface area contributed by atoms with Crippen molar-refractivity contribution in [3.05, 3.63) is 35.6 Å². The van der Waals surface area contributed by atoms with E-state index in [1.54, 1.807) is 12.1 Å². The minimum Gasteiger partial charge on any atom is -0.386 e. The molecule has 0 spiro atoms. The average Bonchev–Trinajstić information content (AvgIpc) is 2.53. The molecule has 4 heteroatoms. The second-order valence-electron chi connectivity index (χ2n) is 2.93. The predicted molar refractivity (Wildman–Crippen MR) is 46.5 cm³/mol. The van der Waals surface area contributed by atoms with E-state index < -0.39 is 0 Å². The molecule has 0 amide bonds. The molecule has 1 aliphatic heterocycles. The molecule has 2 rings (SSSR count). The van der Waals surface area contributed by atoms with Gasteiger partial charge in [-0.3, -0.25) is 0 Å². The molecule has 1 atom stereocenters. The van der Waals surface area contributed by atoms with Gasteiger partial charge in [0.15, 0.2) is 6.10 Å². The van der Waals surface area contributed by atoms with Crippen LogP contribution in [0.1, 0.15) is 18.1 Å². The van der Waals surface area contributed by atoms with Gasteiger partial charge < -0.3 is 10.6 Å². The summed E-state index contributed by atoms with van der Waals surface area (Å²) in [5.74, 6) is 0.227. The monoisotopic (exact) mass is 180 g/mol. The molecule has 1 unspecified atom stereocenters. The summed E-state index contributed by atoms with van der Waals surface area (Å²) in [7, 11) is 0. The van der Waals surface area contributed by atoms with Crippen molar-refractivity contribution in [3.63, 3.8) is 0 Å². The summed E-state index contributed by atoms with van der Waals surface area (Å²) < 4.78 is 12.6. The molecule has 0 radical (unpaired) electrons. The second kappa shape index (κ2) is 3.05. The Hall–Kier alpha value is -1.58. The standard InChI is InChI=1S/C9H9FN2O/c10-7-3-1-6(2-4-7)8-5-9(11)12-13-8/h1-4,8H,5H2,(H2,11,12). The van der Waals surface area contributed by atoms with E-state index in [0.29, 0.717) is 12.3 Å². The minimum absolute atomic E-state index is 0.152. The van der Waals surface area contributed by atoms with Gasteiger partial charge in [0, 0.05) is 0 Å². The highest BCUT2D eigenvalue weighted by atomic mass is 19.1. The second-order valence-corrected chi connectivity index (χ2v) is 2.93. The molecule has 1 aromatic rings. The van der Waals surface area contributed by atoms with E-state index in [-0.39, 0.29) is 11.9 Å². The molecule has 68 valence electrons. The lowest BCUT2D eigenvalue weighted by Gasteiger charge is -2.06. The Kier molecular flexibility index (Phi) is 1.88. The molecule has 0 aliphatic carbocycles. The van der Waals surface area contributed by atoms with Crippen LogP contribution < -0.4 is 5.73 Å². The molecule has 0 saturated carbocycles.